The monoisotopic (exact) mass is 356 g/mol. The molecule has 2 aromatic carbocycles. The third-order valence-electron chi connectivity index (χ3n) is 4.12. The number of hydrogen-bond acceptors (Lipinski definition) is 2. The van der Waals surface area contributed by atoms with Crippen molar-refractivity contribution >= 4 is 22.4 Å². The molecule has 0 saturated heterocycles. The predicted molar refractivity (Wildman–Crippen MR) is 84.1 cm³/mol. The molecule has 4 heteroatoms. The van der Waals surface area contributed by atoms with Crippen LogP contribution in [0.4, 0.5) is 11.5 Å². The summed E-state index contributed by atoms with van der Waals surface area (Å²) in [6.45, 7) is 2.02. The number of methoxy groups -OCH3 is 1. The van der Waals surface area contributed by atoms with Crippen molar-refractivity contribution in [1.29, 1.82) is 0 Å². The zero-order valence-corrected chi connectivity index (χ0v) is 14.0. The number of hydrogen-bond donors (Lipinski definition) is 0. The smallest absolute Gasteiger partial charge is 0.282 e. The van der Waals surface area contributed by atoms with Gasteiger partial charge in [0, 0.05) is 11.5 Å². The van der Waals surface area contributed by atoms with Crippen LogP contribution in [0.2, 0.25) is 0 Å². The maximum absolute atomic E-state index is 5.24. The molecule has 3 aromatic rings. The van der Waals surface area contributed by atoms with Gasteiger partial charge >= 0.3 is 0 Å². The summed E-state index contributed by atoms with van der Waals surface area (Å²) in [7, 11) is 1.70. The minimum absolute atomic E-state index is 0. The van der Waals surface area contributed by atoms with Crippen LogP contribution in [0.5, 0.6) is 5.75 Å². The fourth-order valence-corrected chi connectivity index (χ4v) is 3.06. The lowest BCUT2D eigenvalue weighted by molar-refractivity contribution is -0.644. The molecule has 0 N–H and O–H groups in total. The first-order valence-electron chi connectivity index (χ1n) is 7.20. The van der Waals surface area contributed by atoms with Crippen molar-refractivity contribution < 1.29 is 26.3 Å². The average Bonchev–Trinajstić information content (AvgIpc) is 2.99. The lowest BCUT2D eigenvalue weighted by Crippen LogP contribution is -3.00. The topological polar surface area (TPSA) is 16.4 Å². The first kappa shape index (κ1) is 14.9. The average molecular weight is 357 g/mol. The Morgan fingerprint density at radius 2 is 1.73 bits per heavy atom. The van der Waals surface area contributed by atoms with Crippen LogP contribution in [-0.4, -0.2) is 13.7 Å². The van der Waals surface area contributed by atoms with Crippen molar-refractivity contribution in [2.75, 3.05) is 18.6 Å². The lowest BCUT2D eigenvalue weighted by atomic mass is 10.2. The Hall–Kier alpha value is -2.07. The molecule has 1 aliphatic heterocycles. The van der Waals surface area contributed by atoms with E-state index in [1.54, 1.807) is 7.11 Å². The van der Waals surface area contributed by atoms with Crippen LogP contribution in [0.1, 0.15) is 0 Å². The molecule has 1 aromatic heterocycles. The van der Waals surface area contributed by atoms with E-state index in [-0.39, 0.29) is 17.0 Å². The number of pyridine rings is 1. The Morgan fingerprint density at radius 1 is 0.955 bits per heavy atom. The molecule has 0 spiro atoms. The summed E-state index contributed by atoms with van der Waals surface area (Å²) in [6.07, 6.45) is 0. The second-order valence-corrected chi connectivity index (χ2v) is 5.25. The fraction of sp³-hybridized carbons (Fsp3) is 0.167. The summed E-state index contributed by atoms with van der Waals surface area (Å²) in [5.41, 5.74) is 2.50. The molecule has 112 valence electrons. The van der Waals surface area contributed by atoms with E-state index in [9.17, 15) is 0 Å². The predicted octanol–water partition coefficient (Wildman–Crippen LogP) is 0.292. The molecule has 0 atom stereocenters. The summed E-state index contributed by atoms with van der Waals surface area (Å²) >= 11 is 0. The number of para-hydroxylation sites is 1. The van der Waals surface area contributed by atoms with Crippen LogP contribution in [-0.2, 0) is 6.54 Å². The molecule has 1 aliphatic rings. The Morgan fingerprint density at radius 3 is 2.50 bits per heavy atom. The van der Waals surface area contributed by atoms with Crippen molar-refractivity contribution in [3.8, 4) is 5.75 Å². The minimum Gasteiger partial charge on any atom is -1.00 e. The Labute approximate surface area is 140 Å². The van der Waals surface area contributed by atoms with Gasteiger partial charge in [0.05, 0.1) is 7.11 Å². The highest BCUT2D eigenvalue weighted by Gasteiger charge is 2.30. The zero-order chi connectivity index (χ0) is 14.2. The second kappa shape index (κ2) is 5.97. The van der Waals surface area contributed by atoms with E-state index in [2.05, 4.69) is 58.0 Å². The van der Waals surface area contributed by atoms with Crippen molar-refractivity contribution in [3.63, 3.8) is 0 Å². The molecule has 0 amide bonds. The molecule has 3 nitrogen and oxygen atoms in total. The molecule has 2 heterocycles. The van der Waals surface area contributed by atoms with Crippen LogP contribution in [0.3, 0.4) is 0 Å². The number of rotatable bonds is 2. The van der Waals surface area contributed by atoms with E-state index >= 15 is 0 Å². The van der Waals surface area contributed by atoms with Gasteiger partial charge in [-0.05, 0) is 36.4 Å². The van der Waals surface area contributed by atoms with Crippen LogP contribution < -0.4 is 31.2 Å². The molecular formula is C18H17BrN2O. The summed E-state index contributed by atoms with van der Waals surface area (Å²) < 4.78 is 7.62. The van der Waals surface area contributed by atoms with Crippen LogP contribution in [0.25, 0.3) is 10.9 Å². The van der Waals surface area contributed by atoms with Gasteiger partial charge < -0.3 is 21.7 Å². The highest BCUT2D eigenvalue weighted by atomic mass is 79.9. The van der Waals surface area contributed by atoms with Gasteiger partial charge in [0.15, 0.2) is 0 Å². The number of ether oxygens (including phenoxy) is 1. The summed E-state index contributed by atoms with van der Waals surface area (Å²) in [5, 5.41) is 1.29. The molecule has 0 aliphatic carbocycles. The van der Waals surface area contributed by atoms with Gasteiger partial charge in [-0.15, -0.1) is 0 Å². The SMILES string of the molecule is COc1ccc(N2CC[n+]3c2ccc2ccccc23)cc1.[Br-]. The summed E-state index contributed by atoms with van der Waals surface area (Å²) in [5.74, 6) is 2.14. The van der Waals surface area contributed by atoms with E-state index < -0.39 is 0 Å². The molecule has 0 radical (unpaired) electrons. The maximum atomic E-state index is 5.24. The molecule has 0 unspecified atom stereocenters. The molecule has 0 bridgehead atoms. The molecule has 0 saturated carbocycles. The number of anilines is 2. The van der Waals surface area contributed by atoms with Gasteiger partial charge in [-0.25, -0.2) is 9.47 Å². The number of halogens is 1. The standard InChI is InChI=1S/C18H17N2O.BrH/c1-21-16-9-7-15(8-10-16)19-12-13-20-17-5-3-2-4-14(17)6-11-18(19)20;/h2-11H,12-13H2,1H3;1H/q+1;/p-1. The Kier molecular flexibility index (Phi) is 4.03. The minimum atomic E-state index is 0. The maximum Gasteiger partial charge on any atom is 0.282 e. The molecular weight excluding hydrogens is 340 g/mol. The van der Waals surface area contributed by atoms with E-state index in [0.717, 1.165) is 18.8 Å². The van der Waals surface area contributed by atoms with E-state index in [4.69, 9.17) is 4.74 Å². The van der Waals surface area contributed by atoms with Crippen molar-refractivity contribution in [3.05, 3.63) is 60.7 Å². The molecule has 0 fully saturated rings. The van der Waals surface area contributed by atoms with Gasteiger partial charge in [0.2, 0.25) is 0 Å². The largest absolute Gasteiger partial charge is 1.00 e. The Balaban J connectivity index is 0.00000144. The van der Waals surface area contributed by atoms with Crippen LogP contribution in [0, 0.1) is 0 Å². The zero-order valence-electron chi connectivity index (χ0n) is 12.4. The van der Waals surface area contributed by atoms with Crippen LogP contribution >= 0.6 is 0 Å². The number of fused-ring (bicyclic) bond motifs is 3. The van der Waals surface area contributed by atoms with Gasteiger partial charge in [-0.3, -0.25) is 0 Å². The molecule has 22 heavy (non-hydrogen) atoms. The second-order valence-electron chi connectivity index (χ2n) is 5.25. The summed E-state index contributed by atoms with van der Waals surface area (Å²) in [6, 6.07) is 21.2. The van der Waals surface area contributed by atoms with Gasteiger partial charge in [0.1, 0.15) is 30.0 Å². The highest BCUT2D eigenvalue weighted by molar-refractivity contribution is 5.77. The Bertz CT molecular complexity index is 802. The third-order valence-corrected chi connectivity index (χ3v) is 4.12. The quantitative estimate of drug-likeness (QED) is 0.614. The first-order chi connectivity index (χ1) is 10.4. The number of aromatic nitrogens is 1. The number of nitrogens with zero attached hydrogens (tertiary/aromatic N) is 2. The van der Waals surface area contributed by atoms with E-state index in [1.165, 1.54) is 22.4 Å². The van der Waals surface area contributed by atoms with Crippen LogP contribution in [0.15, 0.2) is 60.7 Å². The summed E-state index contributed by atoms with van der Waals surface area (Å²) in [4.78, 5) is 2.35. The third kappa shape index (κ3) is 2.33. The lowest BCUT2D eigenvalue weighted by Gasteiger charge is -2.11. The van der Waals surface area contributed by atoms with Crippen molar-refractivity contribution in [1.82, 2.24) is 0 Å². The van der Waals surface area contributed by atoms with Gasteiger partial charge in [-0.2, -0.15) is 0 Å². The van der Waals surface area contributed by atoms with Crippen molar-refractivity contribution in [2.24, 2.45) is 0 Å². The first-order valence-corrected chi connectivity index (χ1v) is 7.20. The number of benzene rings is 2. The van der Waals surface area contributed by atoms with E-state index in [1.807, 2.05) is 12.1 Å². The van der Waals surface area contributed by atoms with Gasteiger partial charge in [-0.1, -0.05) is 18.2 Å². The normalized spacial score (nSPS) is 12.9. The van der Waals surface area contributed by atoms with Gasteiger partial charge in [0.25, 0.3) is 5.82 Å². The fourth-order valence-electron chi connectivity index (χ4n) is 3.06. The molecule has 4 rings (SSSR count). The van der Waals surface area contributed by atoms with E-state index in [0.29, 0.717) is 0 Å². The highest BCUT2D eigenvalue weighted by Crippen LogP contribution is 2.29. The van der Waals surface area contributed by atoms with Crippen molar-refractivity contribution in [2.45, 2.75) is 6.54 Å².